The lowest BCUT2D eigenvalue weighted by Gasteiger charge is -2.10. The molecule has 1 atom stereocenters. The Morgan fingerprint density at radius 2 is 2.21 bits per heavy atom. The second kappa shape index (κ2) is 3.14. The number of aromatic nitrogens is 2. The summed E-state index contributed by atoms with van der Waals surface area (Å²) >= 11 is 0. The Morgan fingerprint density at radius 3 is 2.93 bits per heavy atom. The average Bonchev–Trinajstić information content (AvgIpc) is 2.60. The van der Waals surface area contributed by atoms with Gasteiger partial charge in [0.2, 0.25) is 0 Å². The van der Waals surface area contributed by atoms with Gasteiger partial charge < -0.3 is 5.73 Å². The average molecular weight is 188 g/mol. The van der Waals surface area contributed by atoms with E-state index in [1.54, 1.807) is 10.9 Å². The molecule has 1 aromatic heterocycles. The SMILES string of the molecule is CC(C(=N)N)n1ncc2ccccc21. The van der Waals surface area contributed by atoms with Crippen LogP contribution in [0.5, 0.6) is 0 Å². The summed E-state index contributed by atoms with van der Waals surface area (Å²) in [5.41, 5.74) is 6.45. The molecule has 72 valence electrons. The van der Waals surface area contributed by atoms with Crippen molar-refractivity contribution in [2.45, 2.75) is 13.0 Å². The van der Waals surface area contributed by atoms with Crippen LogP contribution in [0.2, 0.25) is 0 Å². The van der Waals surface area contributed by atoms with E-state index < -0.39 is 0 Å². The Hall–Kier alpha value is -1.84. The third kappa shape index (κ3) is 1.25. The van der Waals surface area contributed by atoms with Crippen LogP contribution in [0.4, 0.5) is 0 Å². The van der Waals surface area contributed by atoms with E-state index in [2.05, 4.69) is 5.10 Å². The number of nitrogens with zero attached hydrogens (tertiary/aromatic N) is 2. The number of nitrogens with two attached hydrogens (primary N) is 1. The Labute approximate surface area is 81.8 Å². The van der Waals surface area contributed by atoms with Gasteiger partial charge in [0.15, 0.2) is 0 Å². The molecule has 0 fully saturated rings. The topological polar surface area (TPSA) is 67.7 Å². The van der Waals surface area contributed by atoms with E-state index in [4.69, 9.17) is 11.1 Å². The van der Waals surface area contributed by atoms with Crippen LogP contribution in [0.15, 0.2) is 30.5 Å². The highest BCUT2D eigenvalue weighted by atomic mass is 15.3. The van der Waals surface area contributed by atoms with E-state index in [1.807, 2.05) is 31.2 Å². The lowest BCUT2D eigenvalue weighted by molar-refractivity contribution is 0.623. The molecule has 3 N–H and O–H groups in total. The van der Waals surface area contributed by atoms with Crippen molar-refractivity contribution >= 4 is 16.7 Å². The third-order valence-electron chi connectivity index (χ3n) is 2.32. The molecule has 0 spiro atoms. The zero-order valence-electron chi connectivity index (χ0n) is 7.94. The summed E-state index contributed by atoms with van der Waals surface area (Å²) in [6.07, 6.45) is 1.79. The van der Waals surface area contributed by atoms with Crippen LogP contribution in [-0.4, -0.2) is 15.6 Å². The number of hydrogen-bond donors (Lipinski definition) is 2. The minimum absolute atomic E-state index is 0.124. The van der Waals surface area contributed by atoms with Gasteiger partial charge in [-0.05, 0) is 13.0 Å². The van der Waals surface area contributed by atoms with Crippen LogP contribution >= 0.6 is 0 Å². The van der Waals surface area contributed by atoms with Crippen LogP contribution < -0.4 is 5.73 Å². The summed E-state index contributed by atoms with van der Waals surface area (Å²) in [6, 6.07) is 7.70. The quantitative estimate of drug-likeness (QED) is 0.554. The number of para-hydroxylation sites is 1. The summed E-state index contributed by atoms with van der Waals surface area (Å²) in [5.74, 6) is 0.124. The van der Waals surface area contributed by atoms with Crippen molar-refractivity contribution in [3.8, 4) is 0 Å². The summed E-state index contributed by atoms with van der Waals surface area (Å²) in [5, 5.41) is 12.7. The predicted molar refractivity (Wildman–Crippen MR) is 56.4 cm³/mol. The van der Waals surface area contributed by atoms with Crippen LogP contribution in [0, 0.1) is 5.41 Å². The summed E-state index contributed by atoms with van der Waals surface area (Å²) in [7, 11) is 0. The first-order valence-corrected chi connectivity index (χ1v) is 4.46. The van der Waals surface area contributed by atoms with Crippen molar-refractivity contribution in [1.29, 1.82) is 5.41 Å². The highest BCUT2D eigenvalue weighted by Crippen LogP contribution is 2.16. The van der Waals surface area contributed by atoms with Gasteiger partial charge in [-0.1, -0.05) is 18.2 Å². The largest absolute Gasteiger partial charge is 0.386 e. The van der Waals surface area contributed by atoms with Gasteiger partial charge in [0, 0.05) is 5.39 Å². The van der Waals surface area contributed by atoms with Gasteiger partial charge in [0.1, 0.15) is 11.9 Å². The van der Waals surface area contributed by atoms with Gasteiger partial charge in [0.25, 0.3) is 0 Å². The molecule has 0 aliphatic rings. The lowest BCUT2D eigenvalue weighted by atomic mass is 10.2. The summed E-state index contributed by atoms with van der Waals surface area (Å²) < 4.78 is 1.76. The minimum Gasteiger partial charge on any atom is -0.386 e. The molecule has 0 radical (unpaired) electrons. The van der Waals surface area contributed by atoms with Crippen LogP contribution in [0.3, 0.4) is 0 Å². The number of hydrogen-bond acceptors (Lipinski definition) is 2. The minimum atomic E-state index is -0.185. The maximum absolute atomic E-state index is 7.37. The third-order valence-corrected chi connectivity index (χ3v) is 2.32. The first-order valence-electron chi connectivity index (χ1n) is 4.46. The van der Waals surface area contributed by atoms with E-state index >= 15 is 0 Å². The highest BCUT2D eigenvalue weighted by Gasteiger charge is 2.11. The second-order valence-corrected chi connectivity index (χ2v) is 3.28. The molecule has 4 nitrogen and oxygen atoms in total. The molecule has 0 saturated carbocycles. The number of fused-ring (bicyclic) bond motifs is 1. The van der Waals surface area contributed by atoms with Gasteiger partial charge in [0.05, 0.1) is 11.7 Å². The predicted octanol–water partition coefficient (Wildman–Crippen LogP) is 1.53. The smallest absolute Gasteiger partial charge is 0.116 e. The first kappa shape index (κ1) is 8.74. The van der Waals surface area contributed by atoms with Crippen molar-refractivity contribution < 1.29 is 0 Å². The van der Waals surface area contributed by atoms with Crippen molar-refractivity contribution in [2.24, 2.45) is 5.73 Å². The van der Waals surface area contributed by atoms with Crippen molar-refractivity contribution in [3.05, 3.63) is 30.5 Å². The molecule has 0 aliphatic carbocycles. The summed E-state index contributed by atoms with van der Waals surface area (Å²) in [6.45, 7) is 1.86. The molecule has 1 aromatic carbocycles. The van der Waals surface area contributed by atoms with Crippen LogP contribution in [-0.2, 0) is 0 Å². The molecule has 2 aromatic rings. The molecule has 2 rings (SSSR count). The van der Waals surface area contributed by atoms with E-state index in [0.717, 1.165) is 10.9 Å². The zero-order chi connectivity index (χ0) is 10.1. The van der Waals surface area contributed by atoms with Crippen molar-refractivity contribution in [3.63, 3.8) is 0 Å². The van der Waals surface area contributed by atoms with Gasteiger partial charge >= 0.3 is 0 Å². The molecule has 1 heterocycles. The molecule has 1 unspecified atom stereocenters. The summed E-state index contributed by atoms with van der Waals surface area (Å²) in [4.78, 5) is 0. The normalized spacial score (nSPS) is 12.9. The standard InChI is InChI=1S/C10H12N4/c1-7(10(11)12)14-9-5-3-2-4-8(9)6-13-14/h2-7H,1H3,(H3,11,12). The van der Waals surface area contributed by atoms with Crippen molar-refractivity contribution in [1.82, 2.24) is 9.78 Å². The van der Waals surface area contributed by atoms with Gasteiger partial charge in [-0.15, -0.1) is 0 Å². The molecular formula is C10H12N4. The number of nitrogens with one attached hydrogen (secondary N) is 1. The molecule has 0 saturated heterocycles. The zero-order valence-corrected chi connectivity index (χ0v) is 7.94. The van der Waals surface area contributed by atoms with Gasteiger partial charge in [-0.3, -0.25) is 10.1 Å². The van der Waals surface area contributed by atoms with Crippen molar-refractivity contribution in [2.75, 3.05) is 0 Å². The number of amidine groups is 1. The Balaban J connectivity index is 2.58. The Morgan fingerprint density at radius 1 is 1.50 bits per heavy atom. The van der Waals surface area contributed by atoms with E-state index in [-0.39, 0.29) is 11.9 Å². The maximum Gasteiger partial charge on any atom is 0.116 e. The molecule has 0 amide bonds. The second-order valence-electron chi connectivity index (χ2n) is 3.28. The number of benzene rings is 1. The van der Waals surface area contributed by atoms with Gasteiger partial charge in [-0.2, -0.15) is 5.10 Å². The monoisotopic (exact) mass is 188 g/mol. The van der Waals surface area contributed by atoms with Crippen LogP contribution in [0.1, 0.15) is 13.0 Å². The molecule has 0 aliphatic heterocycles. The first-order chi connectivity index (χ1) is 6.70. The fraction of sp³-hybridized carbons (Fsp3) is 0.200. The van der Waals surface area contributed by atoms with Gasteiger partial charge in [-0.25, -0.2) is 0 Å². The molecule has 4 heteroatoms. The molecule has 0 bridgehead atoms. The fourth-order valence-corrected chi connectivity index (χ4v) is 1.43. The Kier molecular flexibility index (Phi) is 1.96. The van der Waals surface area contributed by atoms with Crippen LogP contribution in [0.25, 0.3) is 10.9 Å². The Bertz CT molecular complexity index is 472. The van der Waals surface area contributed by atoms with E-state index in [0.29, 0.717) is 0 Å². The fourth-order valence-electron chi connectivity index (χ4n) is 1.43. The molecular weight excluding hydrogens is 176 g/mol. The lowest BCUT2D eigenvalue weighted by Crippen LogP contribution is -2.23. The van der Waals surface area contributed by atoms with E-state index in [9.17, 15) is 0 Å². The highest BCUT2D eigenvalue weighted by molar-refractivity contribution is 5.84. The number of rotatable bonds is 2. The van der Waals surface area contributed by atoms with E-state index in [1.165, 1.54) is 0 Å². The molecule has 14 heavy (non-hydrogen) atoms. The maximum atomic E-state index is 7.37.